The topological polar surface area (TPSA) is 87.2 Å². The number of fused-ring (bicyclic) bond motifs is 1. The van der Waals surface area contributed by atoms with Gasteiger partial charge in [0.2, 0.25) is 0 Å². The van der Waals surface area contributed by atoms with Crippen LogP contribution in [0.15, 0.2) is 18.3 Å². The number of benzene rings is 1. The van der Waals surface area contributed by atoms with Crippen LogP contribution >= 0.6 is 0 Å². The molecule has 1 aliphatic rings. The fourth-order valence-electron chi connectivity index (χ4n) is 3.49. The van der Waals surface area contributed by atoms with Crippen LogP contribution in [0.2, 0.25) is 0 Å². The van der Waals surface area contributed by atoms with Gasteiger partial charge in [0.15, 0.2) is 0 Å². The molecule has 11 heteroatoms. The van der Waals surface area contributed by atoms with Crippen molar-refractivity contribution in [2.24, 2.45) is 5.73 Å². The number of nitrogens with two attached hydrogens (primary N) is 1. The van der Waals surface area contributed by atoms with E-state index < -0.39 is 40.6 Å². The van der Waals surface area contributed by atoms with Gasteiger partial charge in [-0.15, -0.1) is 4.65 Å². The summed E-state index contributed by atoms with van der Waals surface area (Å²) in [4.78, 5) is 27.8. The Morgan fingerprint density at radius 2 is 2.04 bits per heavy atom. The number of rotatable bonds is 4. The van der Waals surface area contributed by atoms with Gasteiger partial charge >= 0.3 is 12.1 Å². The van der Waals surface area contributed by atoms with Crippen LogP contribution < -0.4 is 5.73 Å². The van der Waals surface area contributed by atoms with E-state index >= 15 is 0 Å². The van der Waals surface area contributed by atoms with Gasteiger partial charge in [-0.3, -0.25) is 14.3 Å². The molecule has 1 aromatic heterocycles. The van der Waals surface area contributed by atoms with E-state index in [0.29, 0.717) is 11.8 Å². The molecule has 0 bridgehead atoms. The molecule has 0 saturated carbocycles. The first kappa shape index (κ1) is 20.1. The Labute approximate surface area is 157 Å². The fourth-order valence-corrected chi connectivity index (χ4v) is 3.49. The number of nitrogens with zero attached hydrogens (tertiary/aromatic N) is 3. The minimum atomic E-state index is -5.09. The van der Waals surface area contributed by atoms with Gasteiger partial charge in [0.05, 0.1) is 5.56 Å². The molecule has 1 amide bonds. The van der Waals surface area contributed by atoms with Gasteiger partial charge in [0, 0.05) is 18.0 Å². The maximum atomic E-state index is 13.7. The number of hydrogen-bond donors (Lipinski definition) is 1. The fraction of sp³-hybridized carbons (Fsp3) is 0.471. The largest absolute Gasteiger partial charge is 0.497 e. The average Bonchev–Trinajstić information content (AvgIpc) is 3.17. The van der Waals surface area contributed by atoms with Crippen LogP contribution in [0.5, 0.6) is 0 Å². The minimum absolute atomic E-state index is 0.0574. The van der Waals surface area contributed by atoms with Crippen molar-refractivity contribution in [1.29, 1.82) is 0 Å². The lowest BCUT2D eigenvalue weighted by atomic mass is 10.1. The number of alkyl halides is 3. The summed E-state index contributed by atoms with van der Waals surface area (Å²) in [6, 6.07) is 1.35. The molecule has 2 atom stereocenters. The lowest BCUT2D eigenvalue weighted by molar-refractivity contribution is -1.10. The van der Waals surface area contributed by atoms with Gasteiger partial charge < -0.3 is 5.73 Å². The third-order valence-corrected chi connectivity index (χ3v) is 5.03. The average molecular weight is 403 g/mol. The van der Waals surface area contributed by atoms with Crippen molar-refractivity contribution < 1.29 is 36.6 Å². The Bertz CT molecular complexity index is 940. The number of quaternary nitrogens is 1. The van der Waals surface area contributed by atoms with E-state index in [1.165, 1.54) is 16.9 Å². The summed E-state index contributed by atoms with van der Waals surface area (Å²) in [6.07, 6.45) is -3.21. The van der Waals surface area contributed by atoms with Crippen molar-refractivity contribution in [2.75, 3.05) is 13.1 Å². The van der Waals surface area contributed by atoms with Gasteiger partial charge in [0.25, 0.3) is 5.91 Å². The van der Waals surface area contributed by atoms with E-state index in [0.717, 1.165) is 6.07 Å². The molecule has 1 fully saturated rings. The first-order valence-corrected chi connectivity index (χ1v) is 8.58. The number of carbonyl (C=O) groups excluding carboxylic acids is 2. The van der Waals surface area contributed by atoms with Gasteiger partial charge in [-0.2, -0.15) is 18.3 Å². The molecule has 7 nitrogen and oxygen atoms in total. The third-order valence-electron chi connectivity index (χ3n) is 5.03. The molecule has 3 rings (SSSR count). The molecule has 2 unspecified atom stereocenters. The Hall–Kier alpha value is -2.69. The highest BCUT2D eigenvalue weighted by atomic mass is 19.4. The second-order valence-corrected chi connectivity index (χ2v) is 7.14. The standard InChI is InChI=1S/C17H18F4N4O3/c1-9(2)25(28-16(27)17(19,20)21)4-3-12(8-25)24-7-10-5-11(18)6-13(15(22)26)14(10)23-24/h5-7,9,12H,3-4,8H2,1-2H3,(H-,22,26)/p+1. The highest BCUT2D eigenvalue weighted by molar-refractivity contribution is 6.04. The number of primary amides is 1. The number of hydrogen-bond acceptors (Lipinski definition) is 4. The first-order valence-electron chi connectivity index (χ1n) is 8.58. The van der Waals surface area contributed by atoms with Gasteiger partial charge in [-0.1, -0.05) is 0 Å². The van der Waals surface area contributed by atoms with Crippen LogP contribution in [-0.4, -0.2) is 51.6 Å². The highest BCUT2D eigenvalue weighted by Gasteiger charge is 2.52. The Balaban J connectivity index is 1.93. The molecule has 0 spiro atoms. The van der Waals surface area contributed by atoms with Crippen LogP contribution in [0.4, 0.5) is 17.6 Å². The smallest absolute Gasteiger partial charge is 0.366 e. The lowest BCUT2D eigenvalue weighted by Crippen LogP contribution is -2.54. The van der Waals surface area contributed by atoms with Crippen LogP contribution in [0, 0.1) is 5.82 Å². The van der Waals surface area contributed by atoms with Crippen molar-refractivity contribution in [2.45, 2.75) is 38.5 Å². The summed E-state index contributed by atoms with van der Waals surface area (Å²) in [5.41, 5.74) is 5.39. The van der Waals surface area contributed by atoms with Crippen molar-refractivity contribution in [3.05, 3.63) is 29.7 Å². The maximum absolute atomic E-state index is 13.7. The van der Waals surface area contributed by atoms with E-state index in [-0.39, 0.29) is 24.2 Å². The molecule has 28 heavy (non-hydrogen) atoms. The maximum Gasteiger partial charge on any atom is 0.497 e. The van der Waals surface area contributed by atoms with Crippen LogP contribution in [0.1, 0.15) is 36.7 Å². The molecule has 0 radical (unpaired) electrons. The third kappa shape index (κ3) is 3.53. The molecule has 1 aromatic carbocycles. The van der Waals surface area contributed by atoms with E-state index in [2.05, 4.69) is 5.10 Å². The Morgan fingerprint density at radius 3 is 2.61 bits per heavy atom. The number of amides is 1. The van der Waals surface area contributed by atoms with E-state index in [9.17, 15) is 27.2 Å². The molecule has 2 N–H and O–H groups in total. The normalized spacial score (nSPS) is 22.8. The first-order chi connectivity index (χ1) is 12.9. The van der Waals surface area contributed by atoms with Crippen molar-refractivity contribution >= 4 is 22.8 Å². The zero-order valence-electron chi connectivity index (χ0n) is 15.2. The summed E-state index contributed by atoms with van der Waals surface area (Å²) in [5, 5.41) is 4.63. The zero-order valence-corrected chi connectivity index (χ0v) is 15.2. The van der Waals surface area contributed by atoms with Crippen LogP contribution in [-0.2, 0) is 9.63 Å². The monoisotopic (exact) mass is 403 g/mol. The second kappa shape index (κ2) is 6.73. The summed E-state index contributed by atoms with van der Waals surface area (Å²) >= 11 is 0. The molecule has 2 aromatic rings. The molecule has 152 valence electrons. The predicted molar refractivity (Wildman–Crippen MR) is 89.1 cm³/mol. The van der Waals surface area contributed by atoms with Crippen molar-refractivity contribution in [3.63, 3.8) is 0 Å². The molecular formula is C17H19F4N4O3+. The van der Waals surface area contributed by atoms with Crippen molar-refractivity contribution in [3.8, 4) is 0 Å². The zero-order chi connectivity index (χ0) is 20.9. The van der Waals surface area contributed by atoms with E-state index in [1.54, 1.807) is 13.8 Å². The van der Waals surface area contributed by atoms with Gasteiger partial charge in [0.1, 0.15) is 36.5 Å². The number of hydroxylamine groups is 3. The highest BCUT2D eigenvalue weighted by Crippen LogP contribution is 2.34. The molecular weight excluding hydrogens is 384 g/mol. The second-order valence-electron chi connectivity index (χ2n) is 7.14. The SMILES string of the molecule is CC(C)[N+]1(OC(=O)C(F)(F)F)CCC(n2cc3cc(F)cc(C(N)=O)c3n2)C1. The summed E-state index contributed by atoms with van der Waals surface area (Å²) in [5.74, 6) is -3.74. The van der Waals surface area contributed by atoms with Crippen LogP contribution in [0.3, 0.4) is 0 Å². The van der Waals surface area contributed by atoms with Crippen molar-refractivity contribution in [1.82, 2.24) is 9.78 Å². The summed E-state index contributed by atoms with van der Waals surface area (Å²) < 4.78 is 52.7. The summed E-state index contributed by atoms with van der Waals surface area (Å²) in [7, 11) is 0. The van der Waals surface area contributed by atoms with Crippen LogP contribution in [0.25, 0.3) is 10.9 Å². The number of halogens is 4. The predicted octanol–water partition coefficient (Wildman–Crippen LogP) is 2.46. The van der Waals surface area contributed by atoms with E-state index in [4.69, 9.17) is 10.6 Å². The van der Waals surface area contributed by atoms with Gasteiger partial charge in [-0.25, -0.2) is 9.18 Å². The molecule has 2 heterocycles. The minimum Gasteiger partial charge on any atom is -0.366 e. The summed E-state index contributed by atoms with van der Waals surface area (Å²) in [6.45, 7) is 3.54. The molecule has 0 aliphatic carbocycles. The number of aromatic nitrogens is 2. The number of likely N-dealkylation sites (tertiary alicyclic amines) is 1. The van der Waals surface area contributed by atoms with E-state index in [1.807, 2.05) is 0 Å². The van der Waals surface area contributed by atoms with Gasteiger partial charge in [-0.05, 0) is 26.0 Å². The molecule has 1 aliphatic heterocycles. The Kier molecular flexibility index (Phi) is 4.82. The number of carbonyl (C=O) groups is 2. The Morgan fingerprint density at radius 1 is 1.36 bits per heavy atom. The lowest BCUT2D eigenvalue weighted by Gasteiger charge is -2.34. The quantitative estimate of drug-likeness (QED) is 0.628. The molecule has 1 saturated heterocycles.